The highest BCUT2D eigenvalue weighted by Gasteiger charge is 2.75. The van der Waals surface area contributed by atoms with Crippen LogP contribution >= 0.6 is 22.0 Å². The molecule has 1 unspecified atom stereocenters. The van der Waals surface area contributed by atoms with Crippen molar-refractivity contribution in [2.24, 2.45) is 0 Å². The lowest BCUT2D eigenvalue weighted by Crippen LogP contribution is -2.37. The Morgan fingerprint density at radius 2 is 1.92 bits per heavy atom. The van der Waals surface area contributed by atoms with Crippen molar-refractivity contribution >= 4 is 33.6 Å². The second kappa shape index (κ2) is 5.12. The van der Waals surface area contributed by atoms with Crippen LogP contribution in [0.1, 0.15) is 19.0 Å². The minimum absolute atomic E-state index is 0.262. The predicted molar refractivity (Wildman–Crippen MR) is 94.3 cm³/mol. The minimum atomic E-state index is -9.67. The van der Waals surface area contributed by atoms with Crippen molar-refractivity contribution in [1.29, 1.82) is 0 Å². The Bertz CT molecular complexity index is 951. The molecular formula is C14H16F5N5S2. The van der Waals surface area contributed by atoms with Gasteiger partial charge in [0.2, 0.25) is 5.16 Å². The number of fused-ring (bicyclic) bond motifs is 1. The maximum absolute atomic E-state index is 13.2. The zero-order chi connectivity index (χ0) is 19.4. The summed E-state index contributed by atoms with van der Waals surface area (Å²) in [5.41, 5.74) is 0.884. The first-order valence-corrected chi connectivity index (χ1v) is 10.6. The number of aromatic nitrogens is 4. The summed E-state index contributed by atoms with van der Waals surface area (Å²) < 4.78 is 64.3. The number of halogens is 5. The molecule has 0 spiro atoms. The maximum atomic E-state index is 13.2. The molecule has 0 saturated carbocycles. The Kier molecular flexibility index (Phi) is 3.74. The average molecular weight is 413 g/mol. The largest absolute Gasteiger partial charge is 0.340 e. The van der Waals surface area contributed by atoms with Crippen LogP contribution < -0.4 is 5.32 Å². The molecule has 1 aliphatic rings. The standard InChI is InChI=1S/C14H16F5N5S2/c1-9-8-11(24-12(20-9)22-13(23-24)25-3)21-10-4-6-14(2,7-5-10)26(15,16,17,18)19/h4-6,8,21H,7H2,1-3H3. The number of aryl methyl sites for hydroxylation is 1. The number of anilines is 1. The van der Waals surface area contributed by atoms with Gasteiger partial charge < -0.3 is 5.32 Å². The SMILES string of the molecule is CSc1nc2nc(C)cc(NC3=CCC(C)(S(F)(F)(F)(F)F)C=C3)n2n1. The van der Waals surface area contributed by atoms with Crippen molar-refractivity contribution in [2.75, 3.05) is 11.6 Å². The van der Waals surface area contributed by atoms with Crippen LogP contribution in [0, 0.1) is 6.92 Å². The molecule has 12 heteroatoms. The molecule has 0 amide bonds. The van der Waals surface area contributed by atoms with Crippen molar-refractivity contribution in [3.8, 4) is 0 Å². The van der Waals surface area contributed by atoms with Gasteiger partial charge in [0.05, 0.1) is 0 Å². The first-order chi connectivity index (χ1) is 11.7. The number of rotatable bonds is 4. The molecule has 1 aliphatic carbocycles. The fourth-order valence-corrected chi connectivity index (χ4v) is 3.45. The summed E-state index contributed by atoms with van der Waals surface area (Å²) in [6.45, 7) is 2.24. The van der Waals surface area contributed by atoms with Gasteiger partial charge >= 0.3 is 0 Å². The summed E-state index contributed by atoms with van der Waals surface area (Å²) in [7, 11) is -9.67. The van der Waals surface area contributed by atoms with Crippen LogP contribution in [-0.2, 0) is 0 Å². The van der Waals surface area contributed by atoms with Gasteiger partial charge in [-0.3, -0.25) is 0 Å². The summed E-state index contributed by atoms with van der Waals surface area (Å²) in [6, 6.07) is 1.64. The molecule has 26 heavy (non-hydrogen) atoms. The number of thioether (sulfide) groups is 1. The van der Waals surface area contributed by atoms with E-state index in [9.17, 15) is 19.4 Å². The molecule has 1 atom stereocenters. The lowest BCUT2D eigenvalue weighted by atomic mass is 10.0. The first-order valence-electron chi connectivity index (χ1n) is 7.39. The Morgan fingerprint density at radius 1 is 1.23 bits per heavy atom. The van der Waals surface area contributed by atoms with Crippen molar-refractivity contribution in [1.82, 2.24) is 19.6 Å². The third-order valence-corrected chi connectivity index (χ3v) is 6.70. The second-order valence-corrected chi connectivity index (χ2v) is 9.84. The molecule has 0 saturated heterocycles. The highest BCUT2D eigenvalue weighted by Crippen LogP contribution is 3.04. The maximum Gasteiger partial charge on any atom is 0.293 e. The number of allylic oxidation sites excluding steroid dienone is 2. The van der Waals surface area contributed by atoms with Crippen LogP contribution in [0.4, 0.5) is 25.2 Å². The normalized spacial score (nSPS) is 23.5. The van der Waals surface area contributed by atoms with Gasteiger partial charge in [-0.05, 0) is 32.6 Å². The Hall–Kier alpha value is -1.82. The van der Waals surface area contributed by atoms with Gasteiger partial charge in [-0.15, -0.1) is 5.10 Å². The van der Waals surface area contributed by atoms with E-state index in [1.165, 1.54) is 16.3 Å². The first kappa shape index (κ1) is 19.0. The molecule has 5 nitrogen and oxygen atoms in total. The lowest BCUT2D eigenvalue weighted by molar-refractivity contribution is 0.323. The highest BCUT2D eigenvalue weighted by molar-refractivity contribution is 8.46. The van der Waals surface area contributed by atoms with Gasteiger partial charge in [-0.2, -0.15) is 9.50 Å². The second-order valence-electron chi connectivity index (χ2n) is 6.20. The zero-order valence-electron chi connectivity index (χ0n) is 14.0. The van der Waals surface area contributed by atoms with Gasteiger partial charge in [0.1, 0.15) is 10.6 Å². The van der Waals surface area contributed by atoms with E-state index in [4.69, 9.17) is 0 Å². The summed E-state index contributed by atoms with van der Waals surface area (Å²) in [5, 5.41) is 7.61. The average Bonchev–Trinajstić information content (AvgIpc) is 2.90. The van der Waals surface area contributed by atoms with Crippen LogP contribution in [-0.4, -0.2) is 30.6 Å². The van der Waals surface area contributed by atoms with Crippen molar-refractivity contribution in [2.45, 2.75) is 30.2 Å². The molecule has 0 radical (unpaired) electrons. The van der Waals surface area contributed by atoms with E-state index in [1.54, 1.807) is 19.2 Å². The molecule has 1 N–H and O–H groups in total. The van der Waals surface area contributed by atoms with E-state index in [0.29, 0.717) is 35.4 Å². The summed E-state index contributed by atoms with van der Waals surface area (Å²) >= 11 is 1.31. The van der Waals surface area contributed by atoms with Crippen LogP contribution in [0.2, 0.25) is 0 Å². The topological polar surface area (TPSA) is 55.1 Å². The van der Waals surface area contributed by atoms with E-state index < -0.39 is 21.4 Å². The molecule has 0 fully saturated rings. The van der Waals surface area contributed by atoms with Crippen LogP contribution in [0.15, 0.2) is 35.1 Å². The summed E-state index contributed by atoms with van der Waals surface area (Å²) in [5.74, 6) is 0.751. The van der Waals surface area contributed by atoms with Crippen molar-refractivity contribution in [3.63, 3.8) is 0 Å². The van der Waals surface area contributed by atoms with E-state index in [1.807, 2.05) is 0 Å². The highest BCUT2D eigenvalue weighted by atomic mass is 32.5. The molecule has 2 heterocycles. The van der Waals surface area contributed by atoms with Crippen LogP contribution in [0.5, 0.6) is 0 Å². The molecule has 0 aromatic carbocycles. The van der Waals surface area contributed by atoms with Crippen LogP contribution in [0.3, 0.4) is 0 Å². The zero-order valence-corrected chi connectivity index (χ0v) is 15.6. The fourth-order valence-electron chi connectivity index (χ4n) is 2.39. The van der Waals surface area contributed by atoms with E-state index in [2.05, 4.69) is 20.4 Å². The number of hydrogen-bond donors (Lipinski definition) is 1. The van der Waals surface area contributed by atoms with E-state index in [0.717, 1.165) is 12.2 Å². The van der Waals surface area contributed by atoms with Crippen molar-refractivity contribution < 1.29 is 19.4 Å². The molecule has 0 bridgehead atoms. The van der Waals surface area contributed by atoms with Gasteiger partial charge in [0.25, 0.3) is 16.0 Å². The van der Waals surface area contributed by atoms with Crippen molar-refractivity contribution in [3.05, 3.63) is 35.7 Å². The third kappa shape index (κ3) is 3.27. The molecule has 3 rings (SSSR count). The van der Waals surface area contributed by atoms with Gasteiger partial charge in [-0.1, -0.05) is 43.3 Å². The van der Waals surface area contributed by atoms with E-state index in [-0.39, 0.29) is 5.70 Å². The molecular weight excluding hydrogens is 397 g/mol. The lowest BCUT2D eigenvalue weighted by Gasteiger charge is -2.53. The summed E-state index contributed by atoms with van der Waals surface area (Å²) in [6.07, 6.45) is 3.56. The molecule has 2 aromatic heterocycles. The number of hydrogen-bond acceptors (Lipinski definition) is 5. The molecule has 144 valence electrons. The monoisotopic (exact) mass is 413 g/mol. The fraction of sp³-hybridized carbons (Fsp3) is 0.357. The third-order valence-electron chi connectivity index (χ3n) is 4.10. The summed E-state index contributed by atoms with van der Waals surface area (Å²) in [4.78, 5) is 8.43. The molecule has 0 aliphatic heterocycles. The Labute approximate surface area is 150 Å². The quantitative estimate of drug-likeness (QED) is 0.532. The van der Waals surface area contributed by atoms with Gasteiger partial charge in [-0.25, -0.2) is 4.98 Å². The number of nitrogens with one attached hydrogen (secondary N) is 1. The number of nitrogens with zero attached hydrogens (tertiary/aromatic N) is 4. The van der Waals surface area contributed by atoms with Gasteiger partial charge in [0, 0.05) is 17.5 Å². The Balaban J connectivity index is 1.92. The predicted octanol–water partition coefficient (Wildman–Crippen LogP) is 5.47. The van der Waals surface area contributed by atoms with E-state index >= 15 is 0 Å². The molecule has 2 aromatic rings. The smallest absolute Gasteiger partial charge is 0.293 e. The van der Waals surface area contributed by atoms with Crippen LogP contribution in [0.25, 0.3) is 5.78 Å². The minimum Gasteiger partial charge on any atom is -0.340 e. The Morgan fingerprint density at radius 3 is 2.46 bits per heavy atom. The van der Waals surface area contributed by atoms with Gasteiger partial charge in [0.15, 0.2) is 0 Å².